The monoisotopic (exact) mass is 313 g/mol. The zero-order chi connectivity index (χ0) is 13.1. The van der Waals surface area contributed by atoms with E-state index in [-0.39, 0.29) is 10.6 Å². The summed E-state index contributed by atoms with van der Waals surface area (Å²) < 4.78 is 0.588. The molecule has 5 nitrogen and oxygen atoms in total. The van der Waals surface area contributed by atoms with E-state index in [1.165, 1.54) is 6.07 Å². The summed E-state index contributed by atoms with van der Waals surface area (Å²) in [6, 6.07) is 5.47. The maximum atomic E-state index is 10.9. The van der Waals surface area contributed by atoms with Crippen LogP contribution < -0.4 is 5.73 Å². The van der Waals surface area contributed by atoms with Crippen LogP contribution in [0, 0.1) is 10.1 Å². The average Bonchev–Trinajstić information content (AvgIpc) is 2.34. The minimum Gasteiger partial charge on any atom is -0.328 e. The fourth-order valence-corrected chi connectivity index (χ4v) is 2.72. The fraction of sp³-hybridized carbons (Fsp3) is 0.500. The lowest BCUT2D eigenvalue weighted by Gasteiger charge is -2.30. The number of nitro groups is 1. The van der Waals surface area contributed by atoms with Crippen LogP contribution in [-0.4, -0.2) is 29.0 Å². The van der Waals surface area contributed by atoms with Gasteiger partial charge in [-0.2, -0.15) is 0 Å². The molecule has 18 heavy (non-hydrogen) atoms. The average molecular weight is 314 g/mol. The molecule has 98 valence electrons. The van der Waals surface area contributed by atoms with Crippen molar-refractivity contribution < 1.29 is 4.92 Å². The Morgan fingerprint density at radius 2 is 2.11 bits per heavy atom. The van der Waals surface area contributed by atoms with Crippen molar-refractivity contribution in [2.24, 2.45) is 5.73 Å². The molecule has 0 radical (unpaired) electrons. The molecule has 1 heterocycles. The largest absolute Gasteiger partial charge is 0.328 e. The molecule has 1 fully saturated rings. The van der Waals surface area contributed by atoms with E-state index in [0.717, 1.165) is 38.0 Å². The highest BCUT2D eigenvalue weighted by atomic mass is 79.9. The predicted molar refractivity (Wildman–Crippen MR) is 73.3 cm³/mol. The highest BCUT2D eigenvalue weighted by Crippen LogP contribution is 2.29. The Hall–Kier alpha value is -0.980. The third kappa shape index (κ3) is 3.07. The molecule has 1 saturated heterocycles. The SMILES string of the molecule is NC1CCN(Cc2cccc([N+](=O)[O-])c2Br)CC1. The number of halogens is 1. The van der Waals surface area contributed by atoms with Gasteiger partial charge >= 0.3 is 0 Å². The maximum absolute atomic E-state index is 10.9. The second kappa shape index (κ2) is 5.77. The van der Waals surface area contributed by atoms with Crippen molar-refractivity contribution >= 4 is 21.6 Å². The van der Waals surface area contributed by atoms with Gasteiger partial charge in [0.25, 0.3) is 5.69 Å². The van der Waals surface area contributed by atoms with E-state index in [4.69, 9.17) is 5.73 Å². The van der Waals surface area contributed by atoms with E-state index in [0.29, 0.717) is 10.5 Å². The quantitative estimate of drug-likeness (QED) is 0.686. The molecular weight excluding hydrogens is 298 g/mol. The number of likely N-dealkylation sites (tertiary alicyclic amines) is 1. The highest BCUT2D eigenvalue weighted by molar-refractivity contribution is 9.10. The molecule has 2 N–H and O–H groups in total. The summed E-state index contributed by atoms with van der Waals surface area (Å²) in [7, 11) is 0. The lowest BCUT2D eigenvalue weighted by atomic mass is 10.1. The van der Waals surface area contributed by atoms with Crippen LogP contribution in [0.3, 0.4) is 0 Å². The zero-order valence-electron chi connectivity index (χ0n) is 10.0. The van der Waals surface area contributed by atoms with E-state index in [1.807, 2.05) is 6.07 Å². The van der Waals surface area contributed by atoms with Gasteiger partial charge in [-0.05, 0) is 47.4 Å². The first-order valence-corrected chi connectivity index (χ1v) is 6.77. The molecule has 0 aromatic heterocycles. The molecule has 6 heteroatoms. The Balaban J connectivity index is 2.10. The Morgan fingerprint density at radius 3 is 2.72 bits per heavy atom. The van der Waals surface area contributed by atoms with E-state index in [2.05, 4.69) is 20.8 Å². The number of rotatable bonds is 3. The number of piperidine rings is 1. The molecular formula is C12H16BrN3O2. The second-order valence-electron chi connectivity index (χ2n) is 4.62. The molecule has 1 aliphatic heterocycles. The first kappa shape index (κ1) is 13.5. The number of nitro benzene ring substituents is 1. The standard InChI is InChI=1S/C12H16BrN3O2/c13-12-9(2-1-3-11(12)16(17)18)8-15-6-4-10(14)5-7-15/h1-3,10H,4-8,14H2. The summed E-state index contributed by atoms with van der Waals surface area (Å²) >= 11 is 3.33. The Morgan fingerprint density at radius 1 is 1.44 bits per heavy atom. The van der Waals surface area contributed by atoms with Gasteiger partial charge in [-0.25, -0.2) is 0 Å². The van der Waals surface area contributed by atoms with Gasteiger partial charge in [-0.1, -0.05) is 12.1 Å². The number of nitrogens with two attached hydrogens (primary N) is 1. The molecule has 1 aromatic carbocycles. The molecule has 2 rings (SSSR count). The van der Waals surface area contributed by atoms with Gasteiger partial charge in [-0.15, -0.1) is 0 Å². The highest BCUT2D eigenvalue weighted by Gasteiger charge is 2.19. The van der Waals surface area contributed by atoms with Crippen LogP contribution in [0.5, 0.6) is 0 Å². The van der Waals surface area contributed by atoms with Crippen molar-refractivity contribution in [2.45, 2.75) is 25.4 Å². The predicted octanol–water partition coefficient (Wildman–Crippen LogP) is 2.28. The Kier molecular flexibility index (Phi) is 4.31. The molecule has 0 unspecified atom stereocenters. The first-order chi connectivity index (χ1) is 8.58. The minimum absolute atomic E-state index is 0.126. The van der Waals surface area contributed by atoms with Gasteiger partial charge in [0.2, 0.25) is 0 Å². The van der Waals surface area contributed by atoms with E-state index >= 15 is 0 Å². The van der Waals surface area contributed by atoms with Gasteiger partial charge < -0.3 is 5.73 Å². The second-order valence-corrected chi connectivity index (χ2v) is 5.41. The van der Waals surface area contributed by atoms with Crippen molar-refractivity contribution in [1.82, 2.24) is 4.90 Å². The summed E-state index contributed by atoms with van der Waals surface area (Å²) in [5, 5.41) is 10.9. The van der Waals surface area contributed by atoms with Crippen LogP contribution in [0.2, 0.25) is 0 Å². The van der Waals surface area contributed by atoms with Crippen molar-refractivity contribution in [3.8, 4) is 0 Å². The number of nitrogens with zero attached hydrogens (tertiary/aromatic N) is 2. The summed E-state index contributed by atoms with van der Waals surface area (Å²) in [6.07, 6.45) is 1.99. The van der Waals surface area contributed by atoms with Gasteiger partial charge in [0, 0.05) is 18.7 Å². The van der Waals surface area contributed by atoms with Crippen LogP contribution in [0.1, 0.15) is 18.4 Å². The molecule has 1 aliphatic rings. The normalized spacial score (nSPS) is 17.9. The number of benzene rings is 1. The van der Waals surface area contributed by atoms with Gasteiger partial charge in [-0.3, -0.25) is 15.0 Å². The smallest absolute Gasteiger partial charge is 0.283 e. The van der Waals surface area contributed by atoms with Gasteiger partial charge in [0.1, 0.15) is 0 Å². The molecule has 0 saturated carbocycles. The van der Waals surface area contributed by atoms with Gasteiger partial charge in [0.15, 0.2) is 0 Å². The van der Waals surface area contributed by atoms with Crippen molar-refractivity contribution in [1.29, 1.82) is 0 Å². The summed E-state index contributed by atoms with van der Waals surface area (Å²) in [4.78, 5) is 12.8. The van der Waals surface area contributed by atoms with Crippen LogP contribution in [0.25, 0.3) is 0 Å². The summed E-state index contributed by atoms with van der Waals surface area (Å²) in [5.41, 5.74) is 6.94. The number of hydrogen-bond acceptors (Lipinski definition) is 4. The summed E-state index contributed by atoms with van der Waals surface area (Å²) in [5.74, 6) is 0. The minimum atomic E-state index is -0.361. The van der Waals surface area contributed by atoms with E-state index in [1.54, 1.807) is 6.07 Å². The lowest BCUT2D eigenvalue weighted by molar-refractivity contribution is -0.385. The molecule has 0 atom stereocenters. The molecule has 0 bridgehead atoms. The van der Waals surface area contributed by atoms with Crippen molar-refractivity contribution in [2.75, 3.05) is 13.1 Å². The lowest BCUT2D eigenvalue weighted by Crippen LogP contribution is -2.39. The molecule has 0 amide bonds. The van der Waals surface area contributed by atoms with Crippen molar-refractivity contribution in [3.05, 3.63) is 38.3 Å². The van der Waals surface area contributed by atoms with Crippen LogP contribution in [0.4, 0.5) is 5.69 Å². The number of hydrogen-bond donors (Lipinski definition) is 1. The fourth-order valence-electron chi connectivity index (χ4n) is 2.18. The zero-order valence-corrected chi connectivity index (χ0v) is 11.6. The van der Waals surface area contributed by atoms with E-state index < -0.39 is 0 Å². The topological polar surface area (TPSA) is 72.4 Å². The van der Waals surface area contributed by atoms with Crippen LogP contribution >= 0.6 is 15.9 Å². The van der Waals surface area contributed by atoms with Crippen molar-refractivity contribution in [3.63, 3.8) is 0 Å². The Bertz CT molecular complexity index is 445. The summed E-state index contributed by atoms with van der Waals surface area (Å²) in [6.45, 7) is 2.64. The maximum Gasteiger partial charge on any atom is 0.283 e. The van der Waals surface area contributed by atoms with Crippen LogP contribution in [-0.2, 0) is 6.54 Å². The van der Waals surface area contributed by atoms with Gasteiger partial charge in [0.05, 0.1) is 9.40 Å². The third-order valence-corrected chi connectivity index (χ3v) is 4.20. The van der Waals surface area contributed by atoms with E-state index in [9.17, 15) is 10.1 Å². The van der Waals surface area contributed by atoms with Crippen LogP contribution in [0.15, 0.2) is 22.7 Å². The molecule has 0 spiro atoms. The molecule has 1 aromatic rings. The third-order valence-electron chi connectivity index (χ3n) is 3.28. The first-order valence-electron chi connectivity index (χ1n) is 5.97. The Labute approximate surface area is 114 Å². The molecule has 0 aliphatic carbocycles.